The lowest BCUT2D eigenvalue weighted by atomic mass is 9.95. The molecule has 1 saturated carbocycles. The molecule has 0 spiro atoms. The zero-order chi connectivity index (χ0) is 24.8. The number of ether oxygens (including phenoxy) is 1. The van der Waals surface area contributed by atoms with Gasteiger partial charge in [0, 0.05) is 19.0 Å². The number of likely N-dealkylation sites (tertiary alicyclic amines) is 1. The first-order chi connectivity index (χ1) is 15.1. The number of hydrogen-bond acceptors (Lipinski definition) is 5. The number of halogens is 6. The minimum atomic E-state index is -4.62. The summed E-state index contributed by atoms with van der Waals surface area (Å²) in [6.07, 6.45) is -6.04. The van der Waals surface area contributed by atoms with E-state index in [1.807, 2.05) is 0 Å². The van der Waals surface area contributed by atoms with Crippen LogP contribution in [-0.4, -0.2) is 67.3 Å². The van der Waals surface area contributed by atoms with Crippen LogP contribution in [0.25, 0.3) is 0 Å². The Morgan fingerprint density at radius 3 is 2.36 bits per heavy atom. The number of rotatable bonds is 6. The Labute approximate surface area is 190 Å². The normalized spacial score (nSPS) is 25.3. The molecule has 1 saturated heterocycles. The van der Waals surface area contributed by atoms with Gasteiger partial charge in [0.1, 0.15) is 5.75 Å². The number of alkyl halides is 5. The highest BCUT2D eigenvalue weighted by Gasteiger charge is 2.51. The molecule has 7 nitrogen and oxygen atoms in total. The fourth-order valence-electron chi connectivity index (χ4n) is 4.10. The summed E-state index contributed by atoms with van der Waals surface area (Å²) in [5, 5.41) is 7.71. The lowest BCUT2D eigenvalue weighted by molar-refractivity contribution is -0.153. The van der Waals surface area contributed by atoms with E-state index in [0.29, 0.717) is 0 Å². The van der Waals surface area contributed by atoms with Crippen molar-refractivity contribution in [1.29, 1.82) is 0 Å². The maximum absolute atomic E-state index is 13.5. The third kappa shape index (κ3) is 5.68. The van der Waals surface area contributed by atoms with E-state index in [-0.39, 0.29) is 12.3 Å². The van der Waals surface area contributed by atoms with Gasteiger partial charge in [0.05, 0.1) is 33.5 Å². The van der Waals surface area contributed by atoms with Crippen LogP contribution in [0.15, 0.2) is 23.1 Å². The Kier molecular flexibility index (Phi) is 6.87. The Morgan fingerprint density at radius 1 is 1.21 bits per heavy atom. The molecule has 1 aromatic carbocycles. The molecule has 0 bridgehead atoms. The Bertz CT molecular complexity index is 1050. The monoisotopic (exact) mass is 519 g/mol. The van der Waals surface area contributed by atoms with Gasteiger partial charge in [0.25, 0.3) is 5.92 Å². The van der Waals surface area contributed by atoms with Gasteiger partial charge in [0.15, 0.2) is 16.4 Å². The molecule has 1 heterocycles. The Balaban J connectivity index is 1.81. The van der Waals surface area contributed by atoms with Gasteiger partial charge in [0.2, 0.25) is 5.91 Å². The molecule has 2 aliphatic rings. The summed E-state index contributed by atoms with van der Waals surface area (Å²) in [5.41, 5.74) is 0. The van der Waals surface area contributed by atoms with Crippen molar-refractivity contribution in [1.82, 2.24) is 4.90 Å². The number of carbonyl (C=O) groups is 2. The first-order valence-corrected chi connectivity index (χ1v) is 11.7. The average Bonchev–Trinajstić information content (AvgIpc) is 3.29. The molecule has 1 aromatic rings. The number of hydrogen-bond donors (Lipinski definition) is 1. The summed E-state index contributed by atoms with van der Waals surface area (Å²) >= 11 is 5.96. The number of sulfone groups is 1. The van der Waals surface area contributed by atoms with Crippen LogP contribution in [0.3, 0.4) is 0 Å². The third-order valence-corrected chi connectivity index (χ3v) is 8.34. The summed E-state index contributed by atoms with van der Waals surface area (Å²) in [5.74, 6) is -8.42. The lowest BCUT2D eigenvalue weighted by Crippen LogP contribution is -2.39. The van der Waals surface area contributed by atoms with Gasteiger partial charge >= 0.3 is 12.1 Å². The number of aliphatic carboxylic acids is 1. The lowest BCUT2D eigenvalue weighted by Gasteiger charge is -2.22. The second-order valence-electron chi connectivity index (χ2n) is 8.05. The van der Waals surface area contributed by atoms with E-state index in [2.05, 4.69) is 4.74 Å². The van der Waals surface area contributed by atoms with Gasteiger partial charge in [-0.2, -0.15) is 13.2 Å². The largest absolute Gasteiger partial charge is 0.484 e. The molecule has 1 aliphatic carbocycles. The smallest absolute Gasteiger partial charge is 0.422 e. The number of nitrogens with zero attached hydrogens (tertiary/aromatic N) is 1. The van der Waals surface area contributed by atoms with Crippen molar-refractivity contribution in [2.75, 3.05) is 19.7 Å². The number of carboxylic acids is 1. The summed E-state index contributed by atoms with van der Waals surface area (Å²) < 4.78 is 94.6. The van der Waals surface area contributed by atoms with E-state index in [1.165, 1.54) is 0 Å². The van der Waals surface area contributed by atoms with Gasteiger partial charge in [-0.25, -0.2) is 17.2 Å². The van der Waals surface area contributed by atoms with Crippen molar-refractivity contribution in [2.45, 2.75) is 41.5 Å². The molecule has 3 atom stereocenters. The zero-order valence-corrected chi connectivity index (χ0v) is 18.4. The molecule has 3 rings (SSSR count). The van der Waals surface area contributed by atoms with Crippen molar-refractivity contribution < 1.29 is 49.8 Å². The van der Waals surface area contributed by atoms with Crippen LogP contribution in [0.5, 0.6) is 5.75 Å². The summed E-state index contributed by atoms with van der Waals surface area (Å²) in [7, 11) is -4.30. The molecule has 0 aromatic heterocycles. The standard InChI is InChI=1S/C19H19ClF5NO6S/c20-14-5-10(32-9-19(23,24)25)1-2-15(14)33(30,31)11-6-12(13(7-11)17(28)29)16(27)26-4-3-18(21,22)8-26/h1-2,5,11-13H,3-4,6-9H2,(H,28,29)/t11-,12-,13-/m1/s1. The molecular formula is C19H19ClF5NO6S. The third-order valence-electron chi connectivity index (χ3n) is 5.69. The fourth-order valence-corrected chi connectivity index (χ4v) is 6.46. The van der Waals surface area contributed by atoms with Crippen molar-refractivity contribution in [2.24, 2.45) is 11.8 Å². The minimum absolute atomic E-state index is 0.267. The van der Waals surface area contributed by atoms with Gasteiger partial charge in [-0.05, 0) is 25.0 Å². The first-order valence-electron chi connectivity index (χ1n) is 9.73. The Morgan fingerprint density at radius 2 is 1.85 bits per heavy atom. The van der Waals surface area contributed by atoms with Gasteiger partial charge in [-0.1, -0.05) is 11.6 Å². The molecule has 2 fully saturated rings. The van der Waals surface area contributed by atoms with Crippen LogP contribution in [-0.2, 0) is 19.4 Å². The second-order valence-corrected chi connectivity index (χ2v) is 10.7. The van der Waals surface area contributed by atoms with E-state index < -0.39 is 93.2 Å². The molecule has 0 unspecified atom stereocenters. The van der Waals surface area contributed by atoms with E-state index in [9.17, 15) is 45.1 Å². The van der Waals surface area contributed by atoms with E-state index in [0.717, 1.165) is 23.1 Å². The molecule has 1 N–H and O–H groups in total. The van der Waals surface area contributed by atoms with Crippen LogP contribution >= 0.6 is 11.6 Å². The summed E-state index contributed by atoms with van der Waals surface area (Å²) in [6.45, 7) is -2.74. The predicted octanol–water partition coefficient (Wildman–Crippen LogP) is 3.40. The Hall–Kier alpha value is -2.15. The first kappa shape index (κ1) is 25.5. The topological polar surface area (TPSA) is 101 Å². The van der Waals surface area contributed by atoms with Crippen LogP contribution in [0, 0.1) is 11.8 Å². The van der Waals surface area contributed by atoms with Gasteiger partial charge < -0.3 is 14.7 Å². The molecule has 1 aliphatic heterocycles. The average molecular weight is 520 g/mol. The zero-order valence-electron chi connectivity index (χ0n) is 16.8. The molecule has 1 amide bonds. The highest BCUT2D eigenvalue weighted by Crippen LogP contribution is 2.42. The fraction of sp³-hybridized carbons (Fsp3) is 0.579. The van der Waals surface area contributed by atoms with Crippen LogP contribution in [0.1, 0.15) is 19.3 Å². The highest BCUT2D eigenvalue weighted by molar-refractivity contribution is 7.92. The molecule has 184 valence electrons. The molecule has 14 heteroatoms. The number of amides is 1. The van der Waals surface area contributed by atoms with Crippen molar-refractivity contribution >= 4 is 33.3 Å². The molecule has 33 heavy (non-hydrogen) atoms. The predicted molar refractivity (Wildman–Crippen MR) is 104 cm³/mol. The van der Waals surface area contributed by atoms with Crippen LogP contribution in [0.2, 0.25) is 5.02 Å². The number of carbonyl (C=O) groups excluding carboxylic acids is 1. The minimum Gasteiger partial charge on any atom is -0.484 e. The van der Waals surface area contributed by atoms with E-state index >= 15 is 0 Å². The number of carboxylic acid groups (broad SMARTS) is 1. The maximum Gasteiger partial charge on any atom is 0.422 e. The van der Waals surface area contributed by atoms with Crippen molar-refractivity contribution in [3.05, 3.63) is 23.2 Å². The molecule has 0 radical (unpaired) electrons. The SMILES string of the molecule is O=C(O)[C@@H]1C[C@H](S(=O)(=O)c2ccc(OCC(F)(F)F)cc2Cl)C[C@H]1C(=O)N1CCC(F)(F)C1. The summed E-state index contributed by atoms with van der Waals surface area (Å²) in [6, 6.07) is 2.80. The number of benzene rings is 1. The highest BCUT2D eigenvalue weighted by atomic mass is 35.5. The summed E-state index contributed by atoms with van der Waals surface area (Å²) in [4.78, 5) is 24.8. The van der Waals surface area contributed by atoms with E-state index in [1.54, 1.807) is 0 Å². The second kappa shape index (κ2) is 8.90. The van der Waals surface area contributed by atoms with Crippen molar-refractivity contribution in [3.63, 3.8) is 0 Å². The maximum atomic E-state index is 13.5. The van der Waals surface area contributed by atoms with Gasteiger partial charge in [-0.3, -0.25) is 9.59 Å². The quantitative estimate of drug-likeness (QED) is 0.578. The van der Waals surface area contributed by atoms with Crippen LogP contribution < -0.4 is 4.74 Å². The van der Waals surface area contributed by atoms with Crippen molar-refractivity contribution in [3.8, 4) is 5.75 Å². The van der Waals surface area contributed by atoms with Gasteiger partial charge in [-0.15, -0.1) is 0 Å². The van der Waals surface area contributed by atoms with Crippen LogP contribution in [0.4, 0.5) is 22.0 Å². The van der Waals surface area contributed by atoms with E-state index in [4.69, 9.17) is 11.6 Å². The molecular weight excluding hydrogens is 501 g/mol.